The molecule has 0 heterocycles. The van der Waals surface area contributed by atoms with Crippen molar-refractivity contribution >= 4 is 17.7 Å². The molecule has 0 aliphatic carbocycles. The number of ether oxygens (including phenoxy) is 4. The molecule has 0 aliphatic heterocycles. The number of anilines is 1. The number of carbonyl (C=O) groups excluding carboxylic acids is 1. The Kier molecular flexibility index (Phi) is 6.99. The van der Waals surface area contributed by atoms with Crippen LogP contribution in [0.15, 0.2) is 42.5 Å². The van der Waals surface area contributed by atoms with Crippen molar-refractivity contribution in [2.75, 3.05) is 26.6 Å². The number of benzene rings is 2. The van der Waals surface area contributed by atoms with E-state index >= 15 is 0 Å². The summed E-state index contributed by atoms with van der Waals surface area (Å²) in [6, 6.07) is 9.50. The van der Waals surface area contributed by atoms with Crippen LogP contribution in [-0.4, -0.2) is 33.8 Å². The van der Waals surface area contributed by atoms with Gasteiger partial charge in [-0.2, -0.15) is 8.78 Å². The average molecular weight is 379 g/mol. The molecule has 0 saturated heterocycles. The fourth-order valence-corrected chi connectivity index (χ4v) is 2.27. The van der Waals surface area contributed by atoms with Gasteiger partial charge in [0, 0.05) is 35.5 Å². The van der Waals surface area contributed by atoms with E-state index in [1.165, 1.54) is 45.6 Å². The van der Waals surface area contributed by atoms with Crippen LogP contribution in [0.2, 0.25) is 0 Å². The molecule has 144 valence electrons. The third-order valence-corrected chi connectivity index (χ3v) is 3.47. The van der Waals surface area contributed by atoms with E-state index in [2.05, 4.69) is 10.1 Å². The first-order chi connectivity index (χ1) is 13.0. The number of carbonyl (C=O) groups is 1. The van der Waals surface area contributed by atoms with Gasteiger partial charge in [0.2, 0.25) is 5.91 Å². The molecule has 0 aliphatic rings. The molecule has 0 atom stereocenters. The number of rotatable bonds is 8. The van der Waals surface area contributed by atoms with Gasteiger partial charge >= 0.3 is 6.61 Å². The van der Waals surface area contributed by atoms with E-state index in [9.17, 15) is 13.6 Å². The smallest absolute Gasteiger partial charge is 0.387 e. The molecule has 2 aromatic rings. The Morgan fingerprint density at radius 2 is 1.70 bits per heavy atom. The van der Waals surface area contributed by atoms with Gasteiger partial charge in [-0.1, -0.05) is 12.1 Å². The van der Waals surface area contributed by atoms with Gasteiger partial charge in [0.25, 0.3) is 0 Å². The third kappa shape index (κ3) is 5.60. The Balaban J connectivity index is 2.20. The van der Waals surface area contributed by atoms with Crippen LogP contribution in [0.5, 0.6) is 23.0 Å². The lowest BCUT2D eigenvalue weighted by molar-refractivity contribution is -0.111. The van der Waals surface area contributed by atoms with Crippen molar-refractivity contribution in [3.63, 3.8) is 0 Å². The topological polar surface area (TPSA) is 66.0 Å². The number of hydrogen-bond acceptors (Lipinski definition) is 5. The molecule has 1 amide bonds. The molecule has 0 radical (unpaired) electrons. The van der Waals surface area contributed by atoms with Gasteiger partial charge < -0.3 is 24.3 Å². The Hall–Kier alpha value is -3.29. The second-order valence-electron chi connectivity index (χ2n) is 5.18. The van der Waals surface area contributed by atoms with Crippen molar-refractivity contribution in [2.45, 2.75) is 6.61 Å². The summed E-state index contributed by atoms with van der Waals surface area (Å²) < 4.78 is 45.1. The van der Waals surface area contributed by atoms with Crippen LogP contribution in [0.3, 0.4) is 0 Å². The normalized spacial score (nSPS) is 10.7. The molecular formula is C19H19F2NO5. The van der Waals surface area contributed by atoms with Gasteiger partial charge in [-0.15, -0.1) is 0 Å². The van der Waals surface area contributed by atoms with Gasteiger partial charge in [-0.05, 0) is 12.1 Å². The Morgan fingerprint density at radius 1 is 1.04 bits per heavy atom. The number of nitrogens with one attached hydrogen (secondary N) is 1. The second kappa shape index (κ2) is 9.42. The third-order valence-electron chi connectivity index (χ3n) is 3.47. The van der Waals surface area contributed by atoms with E-state index in [1.54, 1.807) is 24.3 Å². The predicted octanol–water partition coefficient (Wildman–Crippen LogP) is 3.97. The van der Waals surface area contributed by atoms with E-state index in [0.29, 0.717) is 17.2 Å². The van der Waals surface area contributed by atoms with Crippen LogP contribution in [0.1, 0.15) is 5.56 Å². The summed E-state index contributed by atoms with van der Waals surface area (Å²) in [5.74, 6) is 0.525. The number of amides is 1. The summed E-state index contributed by atoms with van der Waals surface area (Å²) in [5, 5.41) is 2.64. The van der Waals surface area contributed by atoms with Gasteiger partial charge in [0.1, 0.15) is 11.5 Å². The van der Waals surface area contributed by atoms with Crippen molar-refractivity contribution in [1.29, 1.82) is 0 Å². The average Bonchev–Trinajstić information content (AvgIpc) is 2.66. The van der Waals surface area contributed by atoms with E-state index in [0.717, 1.165) is 0 Å². The van der Waals surface area contributed by atoms with Crippen molar-refractivity contribution in [3.8, 4) is 23.0 Å². The Labute approximate surface area is 155 Å². The minimum absolute atomic E-state index is 0.135. The molecule has 0 aromatic heterocycles. The van der Waals surface area contributed by atoms with Crippen LogP contribution in [-0.2, 0) is 4.79 Å². The quantitative estimate of drug-likeness (QED) is 0.703. The molecule has 0 bridgehead atoms. The Bertz CT molecular complexity index is 801. The standard InChI is InChI=1S/C19H19F2NO5/c1-24-14-9-13(10-15(11-14)25-2)22-17(23)8-7-12-5-4-6-16(26-3)18(12)27-19(20)21/h4-11,19H,1-3H3,(H,22,23)/b8-7+. The predicted molar refractivity (Wildman–Crippen MR) is 96.8 cm³/mol. The van der Waals surface area contributed by atoms with Gasteiger partial charge in [0.15, 0.2) is 11.5 Å². The van der Waals surface area contributed by atoms with Gasteiger partial charge in [0.05, 0.1) is 21.3 Å². The van der Waals surface area contributed by atoms with Crippen molar-refractivity contribution in [3.05, 3.63) is 48.0 Å². The zero-order valence-electron chi connectivity index (χ0n) is 15.0. The minimum Gasteiger partial charge on any atom is -0.497 e. The number of hydrogen-bond donors (Lipinski definition) is 1. The molecule has 2 rings (SSSR count). The maximum Gasteiger partial charge on any atom is 0.387 e. The second-order valence-corrected chi connectivity index (χ2v) is 5.18. The van der Waals surface area contributed by atoms with Crippen LogP contribution in [0.4, 0.5) is 14.5 Å². The van der Waals surface area contributed by atoms with Crippen molar-refractivity contribution < 1.29 is 32.5 Å². The lowest BCUT2D eigenvalue weighted by Crippen LogP contribution is -2.08. The molecule has 0 spiro atoms. The first-order valence-electron chi connectivity index (χ1n) is 7.80. The van der Waals surface area contributed by atoms with Crippen LogP contribution in [0, 0.1) is 0 Å². The maximum absolute atomic E-state index is 12.6. The fraction of sp³-hybridized carbons (Fsp3) is 0.211. The number of methoxy groups -OCH3 is 3. The van der Waals surface area contributed by atoms with Gasteiger partial charge in [-0.25, -0.2) is 0 Å². The highest BCUT2D eigenvalue weighted by molar-refractivity contribution is 6.02. The molecule has 2 aromatic carbocycles. The van der Waals surface area contributed by atoms with Crippen molar-refractivity contribution in [1.82, 2.24) is 0 Å². The maximum atomic E-state index is 12.6. The van der Waals surface area contributed by atoms with E-state index in [1.807, 2.05) is 0 Å². The molecule has 1 N–H and O–H groups in total. The number of para-hydroxylation sites is 1. The number of alkyl halides is 2. The summed E-state index contributed by atoms with van der Waals surface area (Å²) in [5.41, 5.74) is 0.726. The molecule has 0 saturated carbocycles. The minimum atomic E-state index is -3.02. The van der Waals surface area contributed by atoms with E-state index in [4.69, 9.17) is 14.2 Å². The first-order valence-corrected chi connectivity index (χ1v) is 7.80. The summed E-state index contributed by atoms with van der Waals surface area (Å²) in [6.07, 6.45) is 2.55. The summed E-state index contributed by atoms with van der Waals surface area (Å²) in [6.45, 7) is -3.02. The molecule has 0 fully saturated rings. The summed E-state index contributed by atoms with van der Waals surface area (Å²) >= 11 is 0. The molecule has 27 heavy (non-hydrogen) atoms. The summed E-state index contributed by atoms with van der Waals surface area (Å²) in [7, 11) is 4.32. The van der Waals surface area contributed by atoms with Crippen LogP contribution in [0.25, 0.3) is 6.08 Å². The molecule has 0 unspecified atom stereocenters. The van der Waals surface area contributed by atoms with E-state index < -0.39 is 12.5 Å². The SMILES string of the molecule is COc1cc(NC(=O)/C=C/c2cccc(OC)c2OC(F)F)cc(OC)c1. The highest BCUT2D eigenvalue weighted by Crippen LogP contribution is 2.33. The zero-order chi connectivity index (χ0) is 19.8. The molecule has 6 nitrogen and oxygen atoms in total. The largest absolute Gasteiger partial charge is 0.497 e. The van der Waals surface area contributed by atoms with E-state index in [-0.39, 0.29) is 17.1 Å². The summed E-state index contributed by atoms with van der Waals surface area (Å²) in [4.78, 5) is 12.2. The van der Waals surface area contributed by atoms with Crippen LogP contribution >= 0.6 is 0 Å². The lowest BCUT2D eigenvalue weighted by Gasteiger charge is -2.12. The van der Waals surface area contributed by atoms with Gasteiger partial charge in [-0.3, -0.25) is 4.79 Å². The monoisotopic (exact) mass is 379 g/mol. The first kappa shape index (κ1) is 20.0. The highest BCUT2D eigenvalue weighted by atomic mass is 19.3. The highest BCUT2D eigenvalue weighted by Gasteiger charge is 2.14. The van der Waals surface area contributed by atoms with Crippen molar-refractivity contribution in [2.24, 2.45) is 0 Å². The zero-order valence-corrected chi connectivity index (χ0v) is 15.0. The van der Waals surface area contributed by atoms with Crippen LogP contribution < -0.4 is 24.3 Å². The fourth-order valence-electron chi connectivity index (χ4n) is 2.27. The molecule has 8 heteroatoms. The Morgan fingerprint density at radius 3 is 2.26 bits per heavy atom. The molecular weight excluding hydrogens is 360 g/mol. The lowest BCUT2D eigenvalue weighted by atomic mass is 10.1. The number of halogens is 2.